The van der Waals surface area contributed by atoms with Crippen molar-refractivity contribution >= 4 is 73.7 Å². The molecule has 8 aromatic rings. The number of benzene rings is 7. The highest BCUT2D eigenvalue weighted by Gasteiger charge is 2.23. The molecule has 81 heavy (non-hydrogen) atoms. The van der Waals surface area contributed by atoms with Crippen LogP contribution in [0.15, 0.2) is 186 Å². The first-order chi connectivity index (χ1) is 39.5. The van der Waals surface area contributed by atoms with Gasteiger partial charge in [0.15, 0.2) is 0 Å². The van der Waals surface area contributed by atoms with Gasteiger partial charge in [0.2, 0.25) is 16.7 Å². The number of carbonyl (C=O) groups is 2. The topological polar surface area (TPSA) is 194 Å². The summed E-state index contributed by atoms with van der Waals surface area (Å²) in [6.07, 6.45) is 12.0. The minimum absolute atomic E-state index is 0.0855. The second-order valence-corrected chi connectivity index (χ2v) is 20.4. The number of nitrogens with one attached hydrogen (secondary N) is 5. The largest absolute Gasteiger partial charge is 0.495 e. The molecule has 9 N–H and O–H groups in total. The number of aryl methyl sites for hydroxylation is 1. The minimum Gasteiger partial charge on any atom is -0.495 e. The number of methoxy groups -OCH3 is 2. The van der Waals surface area contributed by atoms with Crippen LogP contribution in [0.25, 0.3) is 38.9 Å². The third kappa shape index (κ3) is 14.3. The summed E-state index contributed by atoms with van der Waals surface area (Å²) in [5.41, 5.74) is 29.7. The van der Waals surface area contributed by atoms with Gasteiger partial charge in [-0.05, 0) is 128 Å². The summed E-state index contributed by atoms with van der Waals surface area (Å²) >= 11 is 0. The van der Waals surface area contributed by atoms with Gasteiger partial charge in [-0.15, -0.1) is 4.57 Å². The number of para-hydroxylation sites is 2. The Hall–Kier alpha value is -9.43. The number of hydrogen-bond acceptors (Lipinski definition) is 11. The lowest BCUT2D eigenvalue weighted by molar-refractivity contribution is -0.538. The number of amides is 2. The van der Waals surface area contributed by atoms with Crippen LogP contribution in [0.5, 0.6) is 11.5 Å². The molecule has 2 amide bonds. The van der Waals surface area contributed by atoms with Crippen molar-refractivity contribution in [1.29, 1.82) is 0 Å². The number of nitrogen functional groups attached to an aromatic ring is 2. The molecular formula is C67H73N10O4+. The van der Waals surface area contributed by atoms with Crippen LogP contribution in [-0.2, 0) is 0 Å². The fourth-order valence-electron chi connectivity index (χ4n) is 9.96. The van der Waals surface area contributed by atoms with E-state index in [4.69, 9.17) is 30.9 Å². The Labute approximate surface area is 475 Å². The number of anilines is 5. The SMILES string of the molecule is C=C1C=C(NCCCCCCNC(=O)c2ccc(-c3ccc(C(=O)NCCCCCCNc4cc5c(cc4C)nc4cc(OC)c(N)cc4[n+]5-c4ccccc4)cc3)cc2)C(C)=CC1=Nc1cc(OC)c(N)cc1Nc1ccccc1. The van der Waals surface area contributed by atoms with Gasteiger partial charge in [-0.2, -0.15) is 0 Å². The first-order valence-electron chi connectivity index (χ1n) is 27.9. The van der Waals surface area contributed by atoms with Gasteiger partial charge in [0.1, 0.15) is 22.5 Å². The minimum atomic E-state index is -0.0879. The fraction of sp³-hybridized carbons (Fsp3) is 0.239. The van der Waals surface area contributed by atoms with E-state index in [9.17, 15) is 9.59 Å². The Kier molecular flexibility index (Phi) is 18.7. The molecule has 14 heteroatoms. The molecule has 9 rings (SSSR count). The van der Waals surface area contributed by atoms with E-state index in [-0.39, 0.29) is 11.8 Å². The lowest BCUT2D eigenvalue weighted by Crippen LogP contribution is -2.33. The molecule has 0 atom stereocenters. The number of nitrogens with zero attached hydrogens (tertiary/aromatic N) is 3. The second kappa shape index (κ2) is 27.0. The van der Waals surface area contributed by atoms with E-state index < -0.39 is 0 Å². The summed E-state index contributed by atoms with van der Waals surface area (Å²) in [5, 5.41) is 16.8. The number of hydrogen-bond donors (Lipinski definition) is 7. The van der Waals surface area contributed by atoms with E-state index in [1.165, 1.54) is 0 Å². The third-order valence-corrected chi connectivity index (χ3v) is 14.5. The predicted molar refractivity (Wildman–Crippen MR) is 332 cm³/mol. The molecule has 0 saturated carbocycles. The van der Waals surface area contributed by atoms with E-state index >= 15 is 0 Å². The average Bonchev–Trinajstić information content (AvgIpc) is 3.61. The molecule has 0 bridgehead atoms. The van der Waals surface area contributed by atoms with Crippen LogP contribution in [0, 0.1) is 6.92 Å². The molecule has 14 nitrogen and oxygen atoms in total. The highest BCUT2D eigenvalue weighted by atomic mass is 16.5. The molecule has 1 aliphatic carbocycles. The monoisotopic (exact) mass is 1080 g/mol. The standard InChI is InChI=1S/C67H72N10O4/c1-44-37-57(75-59-42-64(80-4)53(68)39-58(59)74-51-20-12-10-13-21-51)46(3)36-55(44)70-32-16-6-8-18-34-72-66(78)49-28-24-47(25-29-49)48-26-30-50(31-27-48)67(79)73-35-19-9-7-17-33-71-56-41-63-60(38-45(56)2)76-61-43-65(81-5)54(69)40-62(61)77(63)52-22-14-11-15-23-52/h10-15,20-31,36-43,70,74H,3,6-9,16-19,32-35,68H2,1-2,4-5H3,(H4,69,71,72,73,78,79)/p+1. The maximum atomic E-state index is 13.0. The van der Waals surface area contributed by atoms with Gasteiger partial charge in [-0.25, -0.2) is 9.98 Å². The summed E-state index contributed by atoms with van der Waals surface area (Å²) in [4.78, 5) is 36.0. The number of allylic oxidation sites excluding steroid dienone is 4. The molecule has 7 aromatic carbocycles. The van der Waals surface area contributed by atoms with Crippen molar-refractivity contribution in [3.05, 3.63) is 198 Å². The molecule has 0 spiro atoms. The number of rotatable bonds is 25. The predicted octanol–water partition coefficient (Wildman–Crippen LogP) is 13.0. The molecule has 0 radical (unpaired) electrons. The average molecular weight is 1080 g/mol. The Morgan fingerprint density at radius 1 is 0.580 bits per heavy atom. The summed E-state index contributed by atoms with van der Waals surface area (Å²) in [5.74, 6) is 0.984. The van der Waals surface area contributed by atoms with Crippen LogP contribution in [0.2, 0.25) is 0 Å². The van der Waals surface area contributed by atoms with Crippen molar-refractivity contribution in [2.24, 2.45) is 4.99 Å². The van der Waals surface area contributed by atoms with E-state index in [0.717, 1.165) is 149 Å². The number of nitrogens with two attached hydrogens (primary N) is 2. The zero-order valence-corrected chi connectivity index (χ0v) is 46.8. The maximum Gasteiger partial charge on any atom is 0.251 e. The molecule has 1 aliphatic rings. The summed E-state index contributed by atoms with van der Waals surface area (Å²) in [6, 6.07) is 47.1. The molecule has 0 aliphatic heterocycles. The highest BCUT2D eigenvalue weighted by molar-refractivity contribution is 6.13. The van der Waals surface area contributed by atoms with Gasteiger partial charge < -0.3 is 47.5 Å². The lowest BCUT2D eigenvalue weighted by Gasteiger charge is -2.19. The van der Waals surface area contributed by atoms with E-state index in [2.05, 4.69) is 75.8 Å². The van der Waals surface area contributed by atoms with Crippen molar-refractivity contribution in [2.45, 2.75) is 65.2 Å². The second-order valence-electron chi connectivity index (χ2n) is 20.4. The maximum absolute atomic E-state index is 13.0. The molecule has 0 saturated heterocycles. The summed E-state index contributed by atoms with van der Waals surface area (Å²) in [7, 11) is 3.21. The van der Waals surface area contributed by atoms with Crippen molar-refractivity contribution in [2.75, 3.05) is 62.5 Å². The van der Waals surface area contributed by atoms with Gasteiger partial charge >= 0.3 is 0 Å². The van der Waals surface area contributed by atoms with E-state index in [1.807, 2.05) is 133 Å². The van der Waals surface area contributed by atoms with Crippen molar-refractivity contribution in [3.63, 3.8) is 0 Å². The Bertz CT molecular complexity index is 3630. The Morgan fingerprint density at radius 2 is 1.11 bits per heavy atom. The zero-order valence-electron chi connectivity index (χ0n) is 46.8. The van der Waals surface area contributed by atoms with Crippen LogP contribution in [-0.4, -0.2) is 62.9 Å². The molecule has 414 valence electrons. The van der Waals surface area contributed by atoms with Gasteiger partial charge in [0.25, 0.3) is 11.8 Å². The normalized spacial score (nSPS) is 12.7. The number of aromatic nitrogens is 2. The smallest absolute Gasteiger partial charge is 0.251 e. The van der Waals surface area contributed by atoms with E-state index in [0.29, 0.717) is 52.8 Å². The van der Waals surface area contributed by atoms with Crippen LogP contribution < -0.4 is 52.1 Å². The van der Waals surface area contributed by atoms with Crippen molar-refractivity contribution in [1.82, 2.24) is 20.9 Å². The van der Waals surface area contributed by atoms with Gasteiger partial charge in [0, 0.05) is 90.8 Å². The molecule has 1 heterocycles. The first-order valence-corrected chi connectivity index (χ1v) is 27.9. The number of unbranched alkanes of at least 4 members (excludes halogenated alkanes) is 6. The fourth-order valence-corrected chi connectivity index (χ4v) is 9.96. The number of fused-ring (bicyclic) bond motifs is 2. The summed E-state index contributed by atoms with van der Waals surface area (Å²) in [6.45, 7) is 11.4. The molecule has 0 fully saturated rings. The van der Waals surface area contributed by atoms with Crippen LogP contribution in [0.4, 0.5) is 34.1 Å². The molecular weight excluding hydrogens is 1010 g/mol. The van der Waals surface area contributed by atoms with Gasteiger partial charge in [0.05, 0.1) is 42.7 Å². The van der Waals surface area contributed by atoms with Crippen LogP contribution >= 0.6 is 0 Å². The number of carbonyl (C=O) groups excluding carboxylic acids is 2. The molecule has 0 unspecified atom stereocenters. The van der Waals surface area contributed by atoms with E-state index in [1.54, 1.807) is 14.2 Å². The zero-order chi connectivity index (χ0) is 56.7. The highest BCUT2D eigenvalue weighted by Crippen LogP contribution is 2.38. The van der Waals surface area contributed by atoms with Crippen LogP contribution in [0.1, 0.15) is 84.6 Å². The molecule has 1 aromatic heterocycles. The Morgan fingerprint density at radius 3 is 1.72 bits per heavy atom. The Balaban J connectivity index is 0.648. The van der Waals surface area contributed by atoms with Crippen molar-refractivity contribution < 1.29 is 23.6 Å². The first kappa shape index (κ1) is 56.3. The third-order valence-electron chi connectivity index (χ3n) is 14.5. The summed E-state index contributed by atoms with van der Waals surface area (Å²) < 4.78 is 13.2. The quantitative estimate of drug-likeness (QED) is 0.0125. The van der Waals surface area contributed by atoms with Gasteiger partial charge in [-0.3, -0.25) is 9.59 Å². The van der Waals surface area contributed by atoms with Gasteiger partial charge in [-0.1, -0.05) is 92.9 Å². The van der Waals surface area contributed by atoms with Crippen molar-refractivity contribution in [3.8, 4) is 28.3 Å². The number of aliphatic imine (C=N–C) groups is 1. The lowest BCUT2D eigenvalue weighted by atomic mass is 9.99. The van der Waals surface area contributed by atoms with Crippen LogP contribution in [0.3, 0.4) is 0 Å². The number of ether oxygens (including phenoxy) is 2.